The van der Waals surface area contributed by atoms with E-state index in [0.717, 1.165) is 0 Å². The Morgan fingerprint density at radius 3 is 2.93 bits per heavy atom. The molecule has 1 amide bonds. The summed E-state index contributed by atoms with van der Waals surface area (Å²) in [5.74, 6) is -0.334. The number of rotatable bonds is 3. The maximum absolute atomic E-state index is 11.7. The minimum absolute atomic E-state index is 0.334. The van der Waals surface area contributed by atoms with Crippen molar-refractivity contribution in [3.05, 3.63) is 29.8 Å². The summed E-state index contributed by atoms with van der Waals surface area (Å²) in [6.07, 6.45) is 0.381. The Balaban J connectivity index is 2.36. The predicted octanol–water partition coefficient (Wildman–Crippen LogP) is 0.436. The van der Waals surface area contributed by atoms with Gasteiger partial charge in [0.1, 0.15) is 0 Å². The van der Waals surface area contributed by atoms with Crippen LogP contribution < -0.4 is 10.6 Å². The molecule has 1 heterocycles. The van der Waals surface area contributed by atoms with Crippen LogP contribution >= 0.6 is 0 Å². The average molecular weight is 206 g/mol. The molecule has 4 nitrogen and oxygen atoms in total. The third kappa shape index (κ3) is 1.52. The number of hydrogen-bond acceptors (Lipinski definition) is 3. The number of fused-ring (bicyclic) bond motifs is 1. The van der Waals surface area contributed by atoms with Crippen molar-refractivity contribution in [2.75, 3.05) is 18.9 Å². The van der Waals surface area contributed by atoms with Crippen LogP contribution in [0.15, 0.2) is 24.3 Å². The number of hydrogen-bond donors (Lipinski definition) is 3. The van der Waals surface area contributed by atoms with Crippen LogP contribution in [0.2, 0.25) is 0 Å². The van der Waals surface area contributed by atoms with Gasteiger partial charge in [-0.1, -0.05) is 18.2 Å². The van der Waals surface area contributed by atoms with E-state index >= 15 is 0 Å². The summed E-state index contributed by atoms with van der Waals surface area (Å²) in [5, 5.41) is 15.9. The molecule has 0 bridgehead atoms. The smallest absolute Gasteiger partial charge is 0.261 e. The molecule has 0 aliphatic carbocycles. The van der Waals surface area contributed by atoms with Crippen LogP contribution in [0, 0.1) is 0 Å². The van der Waals surface area contributed by atoms with Crippen LogP contribution in [0.1, 0.15) is 12.0 Å². The minimum atomic E-state index is -1.38. The Morgan fingerprint density at radius 2 is 2.20 bits per heavy atom. The summed E-state index contributed by atoms with van der Waals surface area (Å²) in [7, 11) is 1.79. The molecule has 1 aliphatic heterocycles. The first kappa shape index (κ1) is 10.1. The summed E-state index contributed by atoms with van der Waals surface area (Å²) < 4.78 is 0. The van der Waals surface area contributed by atoms with Gasteiger partial charge < -0.3 is 15.7 Å². The van der Waals surface area contributed by atoms with Crippen molar-refractivity contribution in [1.29, 1.82) is 0 Å². The van der Waals surface area contributed by atoms with E-state index < -0.39 is 5.60 Å². The van der Waals surface area contributed by atoms with Gasteiger partial charge in [0, 0.05) is 17.7 Å². The summed E-state index contributed by atoms with van der Waals surface area (Å²) in [5.41, 5.74) is 0.00549. The summed E-state index contributed by atoms with van der Waals surface area (Å²) >= 11 is 0. The van der Waals surface area contributed by atoms with Crippen molar-refractivity contribution < 1.29 is 9.90 Å². The SMILES string of the molecule is CNCC[C@@]1(O)C(=O)Nc2ccccc21. The number of para-hydroxylation sites is 1. The third-order valence-electron chi connectivity index (χ3n) is 2.73. The third-order valence-corrected chi connectivity index (χ3v) is 2.73. The lowest BCUT2D eigenvalue weighted by atomic mass is 9.92. The minimum Gasteiger partial charge on any atom is -0.375 e. The largest absolute Gasteiger partial charge is 0.375 e. The van der Waals surface area contributed by atoms with Gasteiger partial charge in [-0.25, -0.2) is 0 Å². The van der Waals surface area contributed by atoms with E-state index in [2.05, 4.69) is 10.6 Å². The molecule has 0 aromatic heterocycles. The monoisotopic (exact) mass is 206 g/mol. The molecule has 0 saturated carbocycles. The van der Waals surface area contributed by atoms with Crippen LogP contribution in [0.4, 0.5) is 5.69 Å². The Morgan fingerprint density at radius 1 is 1.47 bits per heavy atom. The highest BCUT2D eigenvalue weighted by atomic mass is 16.3. The van der Waals surface area contributed by atoms with Crippen molar-refractivity contribution in [3.63, 3.8) is 0 Å². The van der Waals surface area contributed by atoms with Gasteiger partial charge in [0.05, 0.1) is 0 Å². The van der Waals surface area contributed by atoms with Gasteiger partial charge in [0.15, 0.2) is 5.60 Å². The molecule has 0 unspecified atom stereocenters. The molecule has 15 heavy (non-hydrogen) atoms. The van der Waals surface area contributed by atoms with Crippen molar-refractivity contribution in [3.8, 4) is 0 Å². The molecule has 4 heteroatoms. The highest BCUT2D eigenvalue weighted by Gasteiger charge is 2.44. The van der Waals surface area contributed by atoms with Crippen LogP contribution in [-0.2, 0) is 10.4 Å². The zero-order valence-electron chi connectivity index (χ0n) is 8.58. The van der Waals surface area contributed by atoms with Crippen LogP contribution in [0.25, 0.3) is 0 Å². The van der Waals surface area contributed by atoms with E-state index in [0.29, 0.717) is 24.2 Å². The zero-order valence-corrected chi connectivity index (χ0v) is 8.58. The summed E-state index contributed by atoms with van der Waals surface area (Å²) in [6, 6.07) is 7.24. The Kier molecular flexibility index (Phi) is 2.46. The first-order valence-corrected chi connectivity index (χ1v) is 4.96. The first-order valence-electron chi connectivity index (χ1n) is 4.96. The van der Waals surface area contributed by atoms with E-state index in [4.69, 9.17) is 0 Å². The van der Waals surface area contributed by atoms with Gasteiger partial charge >= 0.3 is 0 Å². The lowest BCUT2D eigenvalue weighted by Crippen LogP contribution is -2.36. The lowest BCUT2D eigenvalue weighted by molar-refractivity contribution is -0.134. The lowest BCUT2D eigenvalue weighted by Gasteiger charge is -2.20. The Labute approximate surface area is 88.3 Å². The molecule has 3 N–H and O–H groups in total. The molecule has 1 aliphatic rings. The highest BCUT2D eigenvalue weighted by Crippen LogP contribution is 2.37. The fraction of sp³-hybridized carbons (Fsp3) is 0.364. The molecule has 1 atom stereocenters. The standard InChI is InChI=1S/C11H14N2O2/c1-12-7-6-11(15)8-4-2-3-5-9(8)13-10(11)14/h2-5,12,15H,6-7H2,1H3,(H,13,14)/t11-/m0/s1. The molecule has 0 saturated heterocycles. The number of anilines is 1. The van der Waals surface area contributed by atoms with Crippen molar-refractivity contribution in [2.24, 2.45) is 0 Å². The van der Waals surface area contributed by atoms with Crippen molar-refractivity contribution >= 4 is 11.6 Å². The number of amides is 1. The molecule has 1 aromatic rings. The van der Waals surface area contributed by atoms with Gasteiger partial charge in [-0.05, 0) is 19.7 Å². The molecular weight excluding hydrogens is 192 g/mol. The predicted molar refractivity (Wildman–Crippen MR) is 57.5 cm³/mol. The van der Waals surface area contributed by atoms with Gasteiger partial charge in [-0.15, -0.1) is 0 Å². The molecule has 80 valence electrons. The van der Waals surface area contributed by atoms with Crippen LogP contribution in [0.3, 0.4) is 0 Å². The summed E-state index contributed by atoms with van der Waals surface area (Å²) in [4.78, 5) is 11.7. The number of aliphatic hydroxyl groups is 1. The molecule has 0 fully saturated rings. The number of nitrogens with one attached hydrogen (secondary N) is 2. The van der Waals surface area contributed by atoms with Gasteiger partial charge in [0.2, 0.25) is 0 Å². The molecule has 2 rings (SSSR count). The number of benzene rings is 1. The molecule has 1 aromatic carbocycles. The van der Waals surface area contributed by atoms with E-state index in [9.17, 15) is 9.90 Å². The van der Waals surface area contributed by atoms with E-state index in [-0.39, 0.29) is 5.91 Å². The highest BCUT2D eigenvalue weighted by molar-refractivity contribution is 6.04. The van der Waals surface area contributed by atoms with Crippen molar-refractivity contribution in [1.82, 2.24) is 5.32 Å². The van der Waals surface area contributed by atoms with Gasteiger partial charge in [0.25, 0.3) is 5.91 Å². The maximum Gasteiger partial charge on any atom is 0.261 e. The van der Waals surface area contributed by atoms with Crippen molar-refractivity contribution in [2.45, 2.75) is 12.0 Å². The average Bonchev–Trinajstić information content (AvgIpc) is 2.50. The van der Waals surface area contributed by atoms with Gasteiger partial charge in [-0.3, -0.25) is 4.79 Å². The fourth-order valence-electron chi connectivity index (χ4n) is 1.85. The topological polar surface area (TPSA) is 61.4 Å². The van der Waals surface area contributed by atoms with Gasteiger partial charge in [-0.2, -0.15) is 0 Å². The molecule has 0 radical (unpaired) electrons. The quantitative estimate of drug-likeness (QED) is 0.672. The zero-order chi connectivity index (χ0) is 10.9. The fourth-order valence-corrected chi connectivity index (χ4v) is 1.85. The maximum atomic E-state index is 11.7. The van der Waals surface area contributed by atoms with E-state index in [1.807, 2.05) is 12.1 Å². The second-order valence-corrected chi connectivity index (χ2v) is 3.71. The molecular formula is C11H14N2O2. The second kappa shape index (κ2) is 3.64. The second-order valence-electron chi connectivity index (χ2n) is 3.71. The van der Waals surface area contributed by atoms with Crippen LogP contribution in [-0.4, -0.2) is 24.6 Å². The number of carbonyl (C=O) groups excluding carboxylic acids is 1. The van der Waals surface area contributed by atoms with Crippen LogP contribution in [0.5, 0.6) is 0 Å². The number of carbonyl (C=O) groups is 1. The normalized spacial score (nSPS) is 23.7. The first-order chi connectivity index (χ1) is 7.18. The Hall–Kier alpha value is -1.39. The van der Waals surface area contributed by atoms with E-state index in [1.165, 1.54) is 0 Å². The molecule has 0 spiro atoms. The van der Waals surface area contributed by atoms with E-state index in [1.54, 1.807) is 19.2 Å². The summed E-state index contributed by atoms with van der Waals surface area (Å²) in [6.45, 7) is 0.595. The Bertz CT molecular complexity index is 392.